The summed E-state index contributed by atoms with van der Waals surface area (Å²) in [6.07, 6.45) is -0.292. The summed E-state index contributed by atoms with van der Waals surface area (Å²) in [7, 11) is 1.79. The summed E-state index contributed by atoms with van der Waals surface area (Å²) in [5.41, 5.74) is 2.14. The van der Waals surface area contributed by atoms with Gasteiger partial charge >= 0.3 is 0 Å². The highest BCUT2D eigenvalue weighted by Gasteiger charge is 2.24. The van der Waals surface area contributed by atoms with E-state index in [1.54, 1.807) is 11.9 Å². The number of benzene rings is 1. The lowest BCUT2D eigenvalue weighted by atomic mass is 10.2. The molecule has 58 valence electrons. The smallest absolute Gasteiger partial charge is 0.176 e. The Balaban J connectivity index is 2.47. The number of hydrogen-bond donors (Lipinski definition) is 0. The van der Waals surface area contributed by atoms with Crippen molar-refractivity contribution in [1.29, 1.82) is 0 Å². The molecule has 0 radical (unpaired) electrons. The molecule has 0 N–H and O–H groups in total. The van der Waals surface area contributed by atoms with Crippen LogP contribution in [0.25, 0.3) is 0 Å². The van der Waals surface area contributed by atoms with Crippen LogP contribution in [0.3, 0.4) is 0 Å². The van der Waals surface area contributed by atoms with Crippen molar-refractivity contribution in [3.63, 3.8) is 0 Å². The van der Waals surface area contributed by atoms with Crippen molar-refractivity contribution in [1.82, 2.24) is 0 Å². The Kier molecular flexibility index (Phi) is 1.34. The van der Waals surface area contributed by atoms with Crippen molar-refractivity contribution >= 4 is 5.69 Å². The lowest BCUT2D eigenvalue weighted by Crippen LogP contribution is -2.22. The van der Waals surface area contributed by atoms with E-state index in [0.717, 1.165) is 11.3 Å². The second-order valence-corrected chi connectivity index (χ2v) is 2.88. The molecular formula is C9H10FN. The van der Waals surface area contributed by atoms with Crippen LogP contribution in [-0.4, -0.2) is 13.3 Å². The van der Waals surface area contributed by atoms with E-state index < -0.39 is 6.30 Å². The first-order chi connectivity index (χ1) is 5.29. The third kappa shape index (κ3) is 0.897. The standard InChI is InChI=1S/C9H10FN/c1-11-8-5-3-2-4-7(8)6-9(11)10/h2-5,9H,6H2,1H3. The molecule has 0 aliphatic carbocycles. The Morgan fingerprint density at radius 3 is 2.91 bits per heavy atom. The van der Waals surface area contributed by atoms with Crippen molar-refractivity contribution in [2.45, 2.75) is 12.7 Å². The number of para-hydroxylation sites is 1. The largest absolute Gasteiger partial charge is 0.345 e. The van der Waals surface area contributed by atoms with E-state index in [0.29, 0.717) is 6.42 Å². The normalized spacial score (nSPS) is 22.0. The predicted octanol–water partition coefficient (Wildman–Crippen LogP) is 1.97. The van der Waals surface area contributed by atoms with E-state index in [1.807, 2.05) is 24.3 Å². The molecule has 1 aliphatic rings. The van der Waals surface area contributed by atoms with Gasteiger partial charge in [0.2, 0.25) is 0 Å². The fourth-order valence-corrected chi connectivity index (χ4v) is 1.50. The zero-order valence-corrected chi connectivity index (χ0v) is 6.42. The van der Waals surface area contributed by atoms with Gasteiger partial charge in [-0.1, -0.05) is 18.2 Å². The first-order valence-electron chi connectivity index (χ1n) is 3.74. The van der Waals surface area contributed by atoms with Crippen LogP contribution in [0.15, 0.2) is 24.3 Å². The third-order valence-electron chi connectivity index (χ3n) is 2.18. The van der Waals surface area contributed by atoms with Crippen molar-refractivity contribution in [3.05, 3.63) is 29.8 Å². The number of rotatable bonds is 0. The quantitative estimate of drug-likeness (QED) is 0.512. The molecule has 0 bridgehead atoms. The minimum Gasteiger partial charge on any atom is -0.345 e. The number of fused-ring (bicyclic) bond motifs is 1. The number of halogens is 1. The van der Waals surface area contributed by atoms with Crippen LogP contribution in [0.4, 0.5) is 10.1 Å². The zero-order chi connectivity index (χ0) is 7.84. The highest BCUT2D eigenvalue weighted by Crippen LogP contribution is 2.30. The summed E-state index contributed by atoms with van der Waals surface area (Å²) in [4.78, 5) is 1.68. The molecule has 2 rings (SSSR count). The molecule has 1 heterocycles. The van der Waals surface area contributed by atoms with Gasteiger partial charge in [-0.15, -0.1) is 0 Å². The highest BCUT2D eigenvalue weighted by molar-refractivity contribution is 5.57. The van der Waals surface area contributed by atoms with E-state index >= 15 is 0 Å². The monoisotopic (exact) mass is 151 g/mol. The summed E-state index contributed by atoms with van der Waals surface area (Å²) in [6.45, 7) is 0. The van der Waals surface area contributed by atoms with E-state index in [2.05, 4.69) is 0 Å². The molecule has 0 spiro atoms. The Labute approximate surface area is 65.4 Å². The Hall–Kier alpha value is -1.05. The van der Waals surface area contributed by atoms with Crippen LogP contribution in [0.1, 0.15) is 5.56 Å². The van der Waals surface area contributed by atoms with Gasteiger partial charge in [0.1, 0.15) is 0 Å². The maximum Gasteiger partial charge on any atom is 0.176 e. The van der Waals surface area contributed by atoms with Gasteiger partial charge in [0.25, 0.3) is 0 Å². The van der Waals surface area contributed by atoms with Gasteiger partial charge in [-0.3, -0.25) is 0 Å². The molecule has 0 aromatic heterocycles. The maximum absolute atomic E-state index is 13.0. The fourth-order valence-electron chi connectivity index (χ4n) is 1.50. The number of alkyl halides is 1. The molecule has 1 aliphatic heterocycles. The average molecular weight is 151 g/mol. The molecule has 1 atom stereocenters. The Morgan fingerprint density at radius 1 is 1.45 bits per heavy atom. The molecule has 11 heavy (non-hydrogen) atoms. The second kappa shape index (κ2) is 2.22. The highest BCUT2D eigenvalue weighted by atomic mass is 19.1. The van der Waals surface area contributed by atoms with Crippen LogP contribution in [0.2, 0.25) is 0 Å². The number of anilines is 1. The number of likely N-dealkylation sites (N-methyl/N-ethyl adjacent to an activating group) is 1. The maximum atomic E-state index is 13.0. The zero-order valence-electron chi connectivity index (χ0n) is 6.42. The van der Waals surface area contributed by atoms with Gasteiger partial charge < -0.3 is 4.90 Å². The molecule has 2 heteroatoms. The summed E-state index contributed by atoms with van der Waals surface area (Å²) < 4.78 is 13.0. The van der Waals surface area contributed by atoms with E-state index in [1.165, 1.54) is 0 Å². The van der Waals surface area contributed by atoms with Crippen LogP contribution in [0.5, 0.6) is 0 Å². The van der Waals surface area contributed by atoms with Gasteiger partial charge in [0.15, 0.2) is 6.30 Å². The SMILES string of the molecule is CN1c2ccccc2CC1F. The molecule has 0 amide bonds. The number of nitrogens with zero attached hydrogens (tertiary/aromatic N) is 1. The molecular weight excluding hydrogens is 141 g/mol. The van der Waals surface area contributed by atoms with Gasteiger partial charge in [-0.05, 0) is 11.6 Å². The van der Waals surface area contributed by atoms with E-state index in [4.69, 9.17) is 0 Å². The summed E-state index contributed by atoms with van der Waals surface area (Å²) in [6, 6.07) is 7.82. The van der Waals surface area contributed by atoms with Gasteiger partial charge in [-0.25, -0.2) is 4.39 Å². The molecule has 1 unspecified atom stereocenters. The molecule has 1 nitrogen and oxygen atoms in total. The van der Waals surface area contributed by atoms with E-state index in [9.17, 15) is 4.39 Å². The molecule has 1 aromatic carbocycles. The first kappa shape index (κ1) is 6.65. The average Bonchev–Trinajstić information content (AvgIpc) is 2.30. The molecule has 0 saturated carbocycles. The summed E-state index contributed by atoms with van der Waals surface area (Å²) >= 11 is 0. The van der Waals surface area contributed by atoms with Crippen molar-refractivity contribution in [3.8, 4) is 0 Å². The van der Waals surface area contributed by atoms with Crippen LogP contribution < -0.4 is 4.90 Å². The first-order valence-corrected chi connectivity index (χ1v) is 3.74. The molecule has 0 fully saturated rings. The molecule has 1 aromatic rings. The Morgan fingerprint density at radius 2 is 2.18 bits per heavy atom. The van der Waals surface area contributed by atoms with Crippen molar-refractivity contribution in [2.24, 2.45) is 0 Å². The molecule has 0 saturated heterocycles. The van der Waals surface area contributed by atoms with E-state index in [-0.39, 0.29) is 0 Å². The van der Waals surface area contributed by atoms with Crippen LogP contribution in [0, 0.1) is 0 Å². The lowest BCUT2D eigenvalue weighted by Gasteiger charge is -2.14. The minimum atomic E-state index is -0.826. The lowest BCUT2D eigenvalue weighted by molar-refractivity contribution is 0.344. The number of hydrogen-bond acceptors (Lipinski definition) is 1. The van der Waals surface area contributed by atoms with Gasteiger partial charge in [-0.2, -0.15) is 0 Å². The minimum absolute atomic E-state index is 0.534. The second-order valence-electron chi connectivity index (χ2n) is 2.88. The third-order valence-corrected chi connectivity index (χ3v) is 2.18. The summed E-state index contributed by atoms with van der Waals surface area (Å²) in [5.74, 6) is 0. The topological polar surface area (TPSA) is 3.24 Å². The fraction of sp³-hybridized carbons (Fsp3) is 0.333. The van der Waals surface area contributed by atoms with Crippen molar-refractivity contribution < 1.29 is 4.39 Å². The van der Waals surface area contributed by atoms with Crippen LogP contribution >= 0.6 is 0 Å². The van der Waals surface area contributed by atoms with Crippen molar-refractivity contribution in [2.75, 3.05) is 11.9 Å². The van der Waals surface area contributed by atoms with Gasteiger partial charge in [0, 0.05) is 19.2 Å². The Bertz CT molecular complexity index is 272. The van der Waals surface area contributed by atoms with Gasteiger partial charge in [0.05, 0.1) is 0 Å². The predicted molar refractivity (Wildman–Crippen MR) is 43.4 cm³/mol. The van der Waals surface area contributed by atoms with Crippen LogP contribution in [-0.2, 0) is 6.42 Å². The summed E-state index contributed by atoms with van der Waals surface area (Å²) in [5, 5.41) is 0.